The number of benzene rings is 2. The number of hydrogen-bond acceptors (Lipinski definition) is 4. The van der Waals surface area contributed by atoms with Crippen molar-refractivity contribution in [1.82, 2.24) is 9.88 Å². The highest BCUT2D eigenvalue weighted by Crippen LogP contribution is 2.33. The lowest BCUT2D eigenvalue weighted by molar-refractivity contribution is 0.0741. The molecule has 0 aliphatic carbocycles. The largest absolute Gasteiger partial charge is 0.368 e. The van der Waals surface area contributed by atoms with Crippen LogP contribution in [0.1, 0.15) is 21.6 Å². The summed E-state index contributed by atoms with van der Waals surface area (Å²) in [7, 11) is 0. The molecule has 1 amide bonds. The number of fused-ring (bicyclic) bond motifs is 1. The van der Waals surface area contributed by atoms with Crippen LogP contribution in [-0.4, -0.2) is 48.5 Å². The fourth-order valence-electron chi connectivity index (χ4n) is 4.43. The zero-order valence-corrected chi connectivity index (χ0v) is 17.3. The van der Waals surface area contributed by atoms with Gasteiger partial charge in [-0.15, -0.1) is 0 Å². The van der Waals surface area contributed by atoms with Crippen LogP contribution in [0.3, 0.4) is 0 Å². The number of carbonyl (C=O) groups is 1. The third kappa shape index (κ3) is 3.52. The molecule has 2 aliphatic rings. The molecule has 0 unspecified atom stereocenters. The normalized spacial score (nSPS) is 16.0. The molecule has 3 aromatic rings. The fourth-order valence-corrected chi connectivity index (χ4v) is 4.43. The zero-order chi connectivity index (χ0) is 20.5. The summed E-state index contributed by atoms with van der Waals surface area (Å²) < 4.78 is 0. The van der Waals surface area contributed by atoms with Crippen LogP contribution in [0.25, 0.3) is 0 Å². The van der Waals surface area contributed by atoms with Gasteiger partial charge in [-0.2, -0.15) is 0 Å². The molecule has 30 heavy (non-hydrogen) atoms. The smallest absolute Gasteiger partial charge is 0.272 e. The molecule has 5 rings (SSSR count). The predicted molar refractivity (Wildman–Crippen MR) is 121 cm³/mol. The van der Waals surface area contributed by atoms with Crippen molar-refractivity contribution >= 4 is 23.0 Å². The first-order valence-electron chi connectivity index (χ1n) is 10.6. The molecular formula is C25H26N4O. The van der Waals surface area contributed by atoms with Crippen LogP contribution in [0.4, 0.5) is 17.1 Å². The van der Waals surface area contributed by atoms with Crippen LogP contribution in [0.5, 0.6) is 0 Å². The van der Waals surface area contributed by atoms with Gasteiger partial charge in [-0.25, -0.2) is 4.98 Å². The van der Waals surface area contributed by atoms with Gasteiger partial charge in [0.05, 0.1) is 11.9 Å². The molecule has 0 bridgehead atoms. The van der Waals surface area contributed by atoms with E-state index in [0.29, 0.717) is 5.69 Å². The number of hydrogen-bond donors (Lipinski definition) is 0. The van der Waals surface area contributed by atoms with E-state index in [1.54, 1.807) is 0 Å². The van der Waals surface area contributed by atoms with E-state index in [2.05, 4.69) is 70.2 Å². The molecule has 0 atom stereocenters. The molecule has 2 aliphatic heterocycles. The van der Waals surface area contributed by atoms with E-state index in [9.17, 15) is 4.79 Å². The first-order valence-corrected chi connectivity index (χ1v) is 10.6. The summed E-state index contributed by atoms with van der Waals surface area (Å²) in [5.41, 5.74) is 6.66. The first kappa shape index (κ1) is 18.7. The number of para-hydroxylation sites is 1. The highest BCUT2D eigenvalue weighted by Gasteiger charge is 2.24. The molecule has 1 aromatic heterocycles. The van der Waals surface area contributed by atoms with Gasteiger partial charge >= 0.3 is 0 Å². The third-order valence-corrected chi connectivity index (χ3v) is 6.10. The fraction of sp³-hybridized carbons (Fsp3) is 0.280. The van der Waals surface area contributed by atoms with E-state index in [-0.39, 0.29) is 5.91 Å². The third-order valence-electron chi connectivity index (χ3n) is 6.10. The highest BCUT2D eigenvalue weighted by molar-refractivity contribution is 5.92. The van der Waals surface area contributed by atoms with Crippen molar-refractivity contribution in [3.63, 3.8) is 0 Å². The average Bonchev–Trinajstić information content (AvgIpc) is 3.23. The van der Waals surface area contributed by atoms with Crippen molar-refractivity contribution < 1.29 is 4.79 Å². The lowest BCUT2D eigenvalue weighted by Gasteiger charge is -2.36. The summed E-state index contributed by atoms with van der Waals surface area (Å²) in [6.45, 7) is 6.19. The van der Waals surface area contributed by atoms with Crippen LogP contribution in [0, 0.1) is 6.92 Å². The number of amides is 1. The van der Waals surface area contributed by atoms with Crippen LogP contribution in [-0.2, 0) is 6.42 Å². The molecule has 2 aromatic carbocycles. The minimum absolute atomic E-state index is 0.0206. The highest BCUT2D eigenvalue weighted by atomic mass is 16.2. The van der Waals surface area contributed by atoms with E-state index < -0.39 is 0 Å². The van der Waals surface area contributed by atoms with Gasteiger partial charge in [0, 0.05) is 44.1 Å². The van der Waals surface area contributed by atoms with Gasteiger partial charge < -0.3 is 14.7 Å². The van der Waals surface area contributed by atoms with Crippen LogP contribution >= 0.6 is 0 Å². The zero-order valence-electron chi connectivity index (χ0n) is 17.3. The summed E-state index contributed by atoms with van der Waals surface area (Å²) in [5, 5.41) is 0. The van der Waals surface area contributed by atoms with E-state index in [1.165, 1.54) is 22.5 Å². The number of rotatable bonds is 3. The van der Waals surface area contributed by atoms with Gasteiger partial charge in [0.15, 0.2) is 0 Å². The van der Waals surface area contributed by atoms with Gasteiger partial charge in [0.25, 0.3) is 5.91 Å². The Labute approximate surface area is 177 Å². The van der Waals surface area contributed by atoms with Gasteiger partial charge in [-0.05, 0) is 54.8 Å². The second kappa shape index (κ2) is 7.82. The minimum Gasteiger partial charge on any atom is -0.368 e. The van der Waals surface area contributed by atoms with Crippen LogP contribution < -0.4 is 9.80 Å². The van der Waals surface area contributed by atoms with Crippen molar-refractivity contribution in [2.24, 2.45) is 0 Å². The van der Waals surface area contributed by atoms with Gasteiger partial charge in [-0.3, -0.25) is 4.79 Å². The summed E-state index contributed by atoms with van der Waals surface area (Å²) >= 11 is 0. The summed E-state index contributed by atoms with van der Waals surface area (Å²) in [6, 6.07) is 20.9. The van der Waals surface area contributed by atoms with E-state index in [0.717, 1.165) is 44.8 Å². The molecule has 1 saturated heterocycles. The molecule has 0 N–H and O–H groups in total. The number of pyridine rings is 1. The monoisotopic (exact) mass is 398 g/mol. The average molecular weight is 399 g/mol. The Bertz CT molecular complexity index is 1050. The number of carbonyl (C=O) groups excluding carboxylic acids is 1. The lowest BCUT2D eigenvalue weighted by atomic mass is 10.2. The summed E-state index contributed by atoms with van der Waals surface area (Å²) in [5.74, 6) is 0.0206. The minimum atomic E-state index is 0.0206. The second-order valence-corrected chi connectivity index (χ2v) is 8.05. The number of aromatic nitrogens is 1. The van der Waals surface area contributed by atoms with Crippen molar-refractivity contribution in [3.05, 3.63) is 83.7 Å². The number of nitrogens with zero attached hydrogens (tertiary/aromatic N) is 4. The SMILES string of the molecule is Cc1cccc(N2CCN(C(=O)c3ccc(N4CCc5ccccc54)cn3)CC2)c1. The molecule has 5 nitrogen and oxygen atoms in total. The van der Waals surface area contributed by atoms with E-state index in [4.69, 9.17) is 0 Å². The Morgan fingerprint density at radius 2 is 1.70 bits per heavy atom. The first-order chi connectivity index (χ1) is 14.7. The van der Waals surface area contributed by atoms with Crippen molar-refractivity contribution in [2.45, 2.75) is 13.3 Å². The van der Waals surface area contributed by atoms with E-state index in [1.807, 2.05) is 23.2 Å². The van der Waals surface area contributed by atoms with Gasteiger partial charge in [0.2, 0.25) is 0 Å². The quantitative estimate of drug-likeness (QED) is 0.667. The standard InChI is InChI=1S/C25H26N4O/c1-19-5-4-7-21(17-19)27-13-15-28(16-14-27)25(30)23-10-9-22(18-26-23)29-12-11-20-6-2-3-8-24(20)29/h2-10,17-18H,11-16H2,1H3. The molecule has 152 valence electrons. The van der Waals surface area contributed by atoms with Gasteiger partial charge in [-0.1, -0.05) is 30.3 Å². The maximum atomic E-state index is 13.0. The maximum absolute atomic E-state index is 13.0. The Hall–Kier alpha value is -3.34. The number of piperazine rings is 1. The van der Waals surface area contributed by atoms with Crippen molar-refractivity contribution in [3.8, 4) is 0 Å². The van der Waals surface area contributed by atoms with Crippen LogP contribution in [0.2, 0.25) is 0 Å². The number of anilines is 3. The summed E-state index contributed by atoms with van der Waals surface area (Å²) in [6.07, 6.45) is 2.88. The molecular weight excluding hydrogens is 372 g/mol. The predicted octanol–water partition coefficient (Wildman–Crippen LogP) is 4.05. The van der Waals surface area contributed by atoms with Crippen molar-refractivity contribution in [1.29, 1.82) is 0 Å². The van der Waals surface area contributed by atoms with Gasteiger partial charge in [0.1, 0.15) is 5.69 Å². The van der Waals surface area contributed by atoms with Crippen molar-refractivity contribution in [2.75, 3.05) is 42.5 Å². The lowest BCUT2D eigenvalue weighted by Crippen LogP contribution is -2.49. The second-order valence-electron chi connectivity index (χ2n) is 8.05. The van der Waals surface area contributed by atoms with E-state index >= 15 is 0 Å². The number of aryl methyl sites for hydroxylation is 1. The Kier molecular flexibility index (Phi) is 4.87. The molecule has 5 heteroatoms. The topological polar surface area (TPSA) is 39.7 Å². The van der Waals surface area contributed by atoms with Crippen LogP contribution in [0.15, 0.2) is 66.9 Å². The Morgan fingerprint density at radius 3 is 2.47 bits per heavy atom. The molecule has 3 heterocycles. The molecule has 0 saturated carbocycles. The molecule has 1 fully saturated rings. The molecule has 0 radical (unpaired) electrons. The molecule has 0 spiro atoms. The Morgan fingerprint density at radius 1 is 0.867 bits per heavy atom. The summed E-state index contributed by atoms with van der Waals surface area (Å²) in [4.78, 5) is 24.0. The maximum Gasteiger partial charge on any atom is 0.272 e. The Balaban J connectivity index is 1.24.